The number of aryl methyl sites for hydroxylation is 1. The van der Waals surface area contributed by atoms with Crippen LogP contribution in [0.25, 0.3) is 0 Å². The molecule has 116 valence electrons. The zero-order valence-electron chi connectivity index (χ0n) is 12.0. The molecule has 0 aliphatic rings. The van der Waals surface area contributed by atoms with Crippen molar-refractivity contribution in [1.29, 1.82) is 0 Å². The van der Waals surface area contributed by atoms with Gasteiger partial charge in [0, 0.05) is 0 Å². The van der Waals surface area contributed by atoms with E-state index in [2.05, 4.69) is 10.6 Å². The zero-order valence-corrected chi connectivity index (χ0v) is 13.5. The van der Waals surface area contributed by atoms with Crippen LogP contribution >= 0.6 is 23.2 Å². The Labute approximate surface area is 133 Å². The molecule has 7 heteroatoms. The van der Waals surface area contributed by atoms with Gasteiger partial charge in [-0.15, -0.1) is 0 Å². The number of halogens is 2. The first kappa shape index (κ1) is 17.8. The minimum Gasteiger partial charge on any atom is -0.480 e. The maximum Gasteiger partial charge on any atom is 0.320 e. The molecular weight excluding hydrogens is 315 g/mol. The third kappa shape index (κ3) is 4.88. The van der Waals surface area contributed by atoms with Gasteiger partial charge in [0.25, 0.3) is 0 Å². The molecule has 1 aromatic rings. The number of carboxylic acids is 1. The van der Waals surface area contributed by atoms with Crippen molar-refractivity contribution >= 4 is 40.8 Å². The van der Waals surface area contributed by atoms with Crippen LogP contribution in [0.15, 0.2) is 12.1 Å². The summed E-state index contributed by atoms with van der Waals surface area (Å²) >= 11 is 12.1. The van der Waals surface area contributed by atoms with Gasteiger partial charge in [0.15, 0.2) is 0 Å². The van der Waals surface area contributed by atoms with Crippen molar-refractivity contribution in [1.82, 2.24) is 5.32 Å². The molecule has 1 unspecified atom stereocenters. The molecule has 0 saturated carbocycles. The topological polar surface area (TPSA) is 78.4 Å². The van der Waals surface area contributed by atoms with E-state index in [0.717, 1.165) is 5.56 Å². The first-order valence-electron chi connectivity index (χ1n) is 6.44. The van der Waals surface area contributed by atoms with Crippen LogP contribution in [0.4, 0.5) is 5.69 Å². The van der Waals surface area contributed by atoms with Crippen LogP contribution in [0.5, 0.6) is 0 Å². The van der Waals surface area contributed by atoms with Gasteiger partial charge in [-0.2, -0.15) is 0 Å². The number of benzene rings is 1. The molecule has 0 aromatic heterocycles. The summed E-state index contributed by atoms with van der Waals surface area (Å²) in [6, 6.07) is 2.59. The Hall–Kier alpha value is -1.30. The molecule has 0 radical (unpaired) electrons. The van der Waals surface area contributed by atoms with Crippen molar-refractivity contribution in [3.8, 4) is 0 Å². The fourth-order valence-corrected chi connectivity index (χ4v) is 2.23. The summed E-state index contributed by atoms with van der Waals surface area (Å²) in [6.45, 7) is 5.18. The van der Waals surface area contributed by atoms with Crippen molar-refractivity contribution in [3.05, 3.63) is 27.7 Å². The van der Waals surface area contributed by atoms with Gasteiger partial charge >= 0.3 is 5.97 Å². The number of anilines is 1. The molecule has 0 saturated heterocycles. The number of nitrogens with one attached hydrogen (secondary N) is 2. The van der Waals surface area contributed by atoms with Crippen LogP contribution in [0.3, 0.4) is 0 Å². The first-order valence-corrected chi connectivity index (χ1v) is 7.20. The summed E-state index contributed by atoms with van der Waals surface area (Å²) in [6.07, 6.45) is 0. The van der Waals surface area contributed by atoms with E-state index in [4.69, 9.17) is 28.3 Å². The molecule has 1 aromatic carbocycles. The van der Waals surface area contributed by atoms with E-state index in [0.29, 0.717) is 15.7 Å². The van der Waals surface area contributed by atoms with E-state index in [1.807, 2.05) is 0 Å². The van der Waals surface area contributed by atoms with E-state index in [9.17, 15) is 9.59 Å². The molecule has 3 N–H and O–H groups in total. The molecule has 0 spiro atoms. The molecule has 0 bridgehead atoms. The second-order valence-corrected chi connectivity index (χ2v) is 5.83. The van der Waals surface area contributed by atoms with Crippen molar-refractivity contribution in [2.75, 3.05) is 11.9 Å². The maximum atomic E-state index is 11.9. The molecule has 5 nitrogen and oxygen atoms in total. The SMILES string of the molecule is Cc1ccc(Cl)c(NC(=O)CNC(C(=O)O)C(C)C)c1Cl. The fourth-order valence-electron chi connectivity index (χ4n) is 1.77. The number of amides is 1. The third-order valence-electron chi connectivity index (χ3n) is 2.96. The second kappa shape index (κ2) is 7.64. The lowest BCUT2D eigenvalue weighted by Crippen LogP contribution is -2.44. The quantitative estimate of drug-likeness (QED) is 0.748. The molecular formula is C14H18Cl2N2O3. The molecule has 1 rings (SSSR count). The Morgan fingerprint density at radius 3 is 2.43 bits per heavy atom. The van der Waals surface area contributed by atoms with Crippen molar-refractivity contribution < 1.29 is 14.7 Å². The minimum atomic E-state index is -0.996. The van der Waals surface area contributed by atoms with Gasteiger partial charge in [0.1, 0.15) is 6.04 Å². The van der Waals surface area contributed by atoms with Gasteiger partial charge in [0.05, 0.1) is 22.3 Å². The predicted molar refractivity (Wildman–Crippen MR) is 84.1 cm³/mol. The zero-order chi connectivity index (χ0) is 16.2. The summed E-state index contributed by atoms with van der Waals surface area (Å²) in [7, 11) is 0. The number of aliphatic carboxylic acids is 1. The fraction of sp³-hybridized carbons (Fsp3) is 0.429. The van der Waals surface area contributed by atoms with Gasteiger partial charge in [-0.05, 0) is 24.5 Å². The molecule has 0 aliphatic heterocycles. The van der Waals surface area contributed by atoms with E-state index in [1.165, 1.54) is 0 Å². The molecule has 0 aliphatic carbocycles. The highest BCUT2D eigenvalue weighted by Crippen LogP contribution is 2.32. The Bertz CT molecular complexity index is 547. The highest BCUT2D eigenvalue weighted by Gasteiger charge is 2.22. The Morgan fingerprint density at radius 1 is 1.29 bits per heavy atom. The number of carbonyl (C=O) groups is 2. The largest absolute Gasteiger partial charge is 0.480 e. The van der Waals surface area contributed by atoms with Gasteiger partial charge in [0.2, 0.25) is 5.91 Å². The minimum absolute atomic E-state index is 0.138. The van der Waals surface area contributed by atoms with Crippen molar-refractivity contribution in [2.24, 2.45) is 5.92 Å². The highest BCUT2D eigenvalue weighted by atomic mass is 35.5. The number of hydrogen-bond donors (Lipinski definition) is 3. The van der Waals surface area contributed by atoms with Gasteiger partial charge in [-0.25, -0.2) is 0 Å². The molecule has 1 atom stereocenters. The standard InChI is InChI=1S/C14H18Cl2N2O3/c1-7(2)12(14(20)21)17-6-10(19)18-13-9(15)5-4-8(3)11(13)16/h4-5,7,12,17H,6H2,1-3H3,(H,18,19)(H,20,21). The smallest absolute Gasteiger partial charge is 0.320 e. The lowest BCUT2D eigenvalue weighted by molar-refractivity contribution is -0.140. The van der Waals surface area contributed by atoms with E-state index < -0.39 is 17.9 Å². The summed E-state index contributed by atoms with van der Waals surface area (Å²) in [5.41, 5.74) is 1.12. The molecule has 0 heterocycles. The van der Waals surface area contributed by atoms with Crippen LogP contribution in [0.2, 0.25) is 10.0 Å². The Kier molecular flexibility index (Phi) is 6.45. The number of hydrogen-bond acceptors (Lipinski definition) is 3. The van der Waals surface area contributed by atoms with Crippen LogP contribution in [-0.4, -0.2) is 29.6 Å². The van der Waals surface area contributed by atoms with Crippen molar-refractivity contribution in [2.45, 2.75) is 26.8 Å². The Morgan fingerprint density at radius 2 is 1.90 bits per heavy atom. The number of rotatable bonds is 6. The lowest BCUT2D eigenvalue weighted by Gasteiger charge is -2.18. The number of carbonyl (C=O) groups excluding carboxylic acids is 1. The van der Waals surface area contributed by atoms with Gasteiger partial charge < -0.3 is 10.4 Å². The molecule has 21 heavy (non-hydrogen) atoms. The van der Waals surface area contributed by atoms with Crippen LogP contribution in [0.1, 0.15) is 19.4 Å². The summed E-state index contributed by atoms with van der Waals surface area (Å²) in [5, 5.41) is 15.0. The molecule has 1 amide bonds. The highest BCUT2D eigenvalue weighted by molar-refractivity contribution is 6.40. The van der Waals surface area contributed by atoms with Crippen LogP contribution < -0.4 is 10.6 Å². The number of carboxylic acid groups (broad SMARTS) is 1. The molecule has 0 fully saturated rings. The average Bonchev–Trinajstić information content (AvgIpc) is 2.38. The summed E-state index contributed by atoms with van der Waals surface area (Å²) in [4.78, 5) is 22.9. The lowest BCUT2D eigenvalue weighted by atomic mass is 10.1. The average molecular weight is 333 g/mol. The first-order chi connectivity index (χ1) is 9.73. The van der Waals surface area contributed by atoms with Crippen LogP contribution in [0, 0.1) is 12.8 Å². The van der Waals surface area contributed by atoms with Gasteiger partial charge in [-0.3, -0.25) is 14.9 Å². The van der Waals surface area contributed by atoms with Crippen LogP contribution in [-0.2, 0) is 9.59 Å². The normalized spacial score (nSPS) is 12.3. The summed E-state index contributed by atoms with van der Waals surface area (Å²) < 4.78 is 0. The van der Waals surface area contributed by atoms with E-state index >= 15 is 0 Å². The van der Waals surface area contributed by atoms with E-state index in [-0.39, 0.29) is 12.5 Å². The summed E-state index contributed by atoms with van der Waals surface area (Å²) in [5.74, 6) is -1.54. The van der Waals surface area contributed by atoms with E-state index in [1.54, 1.807) is 32.9 Å². The van der Waals surface area contributed by atoms with Gasteiger partial charge in [-0.1, -0.05) is 43.1 Å². The third-order valence-corrected chi connectivity index (χ3v) is 3.77. The second-order valence-electron chi connectivity index (χ2n) is 5.04. The predicted octanol–water partition coefficient (Wildman–Crippen LogP) is 2.94. The Balaban J connectivity index is 2.71. The van der Waals surface area contributed by atoms with Crippen molar-refractivity contribution in [3.63, 3.8) is 0 Å². The monoisotopic (exact) mass is 332 g/mol. The maximum absolute atomic E-state index is 11.9.